The van der Waals surface area contributed by atoms with Gasteiger partial charge in [-0.15, -0.1) is 0 Å². The first-order chi connectivity index (χ1) is 10.1. The number of anilines is 1. The zero-order valence-corrected chi connectivity index (χ0v) is 12.9. The normalized spacial score (nSPS) is 10.2. The van der Waals surface area contributed by atoms with E-state index in [2.05, 4.69) is 5.32 Å². The third-order valence-electron chi connectivity index (χ3n) is 3.16. The van der Waals surface area contributed by atoms with Gasteiger partial charge in [-0.05, 0) is 48.7 Å². The molecule has 0 spiro atoms. The maximum absolute atomic E-state index is 11.9. The minimum Gasteiger partial charge on any atom is -0.495 e. The number of carbonyl (C=O) groups excluding carboxylic acids is 1. The minimum absolute atomic E-state index is 0.00691. The minimum atomic E-state index is -0.00691. The Balaban J connectivity index is 1.90. The quantitative estimate of drug-likeness (QED) is 0.897. The van der Waals surface area contributed by atoms with Crippen LogP contribution in [0.4, 0.5) is 5.69 Å². The van der Waals surface area contributed by atoms with Crippen LogP contribution in [-0.4, -0.2) is 13.0 Å². The molecule has 0 unspecified atom stereocenters. The van der Waals surface area contributed by atoms with E-state index in [0.717, 1.165) is 16.8 Å². The van der Waals surface area contributed by atoms with Crippen molar-refractivity contribution in [2.24, 2.45) is 0 Å². The monoisotopic (exact) mass is 303 g/mol. The lowest BCUT2D eigenvalue weighted by molar-refractivity contribution is -0.116. The molecule has 1 amide bonds. The Hall–Kier alpha value is -2.00. The van der Waals surface area contributed by atoms with Crippen molar-refractivity contribution in [3.8, 4) is 5.75 Å². The first kappa shape index (κ1) is 15.4. The van der Waals surface area contributed by atoms with Crippen molar-refractivity contribution in [2.75, 3.05) is 12.4 Å². The number of methoxy groups -OCH3 is 1. The molecule has 21 heavy (non-hydrogen) atoms. The van der Waals surface area contributed by atoms with E-state index in [0.29, 0.717) is 23.6 Å². The first-order valence-electron chi connectivity index (χ1n) is 6.77. The lowest BCUT2D eigenvalue weighted by Gasteiger charge is -2.07. The molecule has 110 valence electrons. The van der Waals surface area contributed by atoms with E-state index < -0.39 is 0 Å². The molecule has 4 heteroatoms. The number of halogens is 1. The van der Waals surface area contributed by atoms with E-state index in [4.69, 9.17) is 16.3 Å². The van der Waals surface area contributed by atoms with E-state index >= 15 is 0 Å². The summed E-state index contributed by atoms with van der Waals surface area (Å²) >= 11 is 6.07. The van der Waals surface area contributed by atoms with Crippen LogP contribution in [0.3, 0.4) is 0 Å². The van der Waals surface area contributed by atoms with Crippen molar-refractivity contribution in [1.82, 2.24) is 0 Å². The molecule has 0 aromatic heterocycles. The van der Waals surface area contributed by atoms with E-state index in [1.807, 2.05) is 49.4 Å². The fourth-order valence-electron chi connectivity index (χ4n) is 2.07. The second-order valence-electron chi connectivity index (χ2n) is 4.89. The molecule has 0 saturated carbocycles. The third-order valence-corrected chi connectivity index (χ3v) is 3.45. The predicted molar refractivity (Wildman–Crippen MR) is 86.1 cm³/mol. The maximum Gasteiger partial charge on any atom is 0.224 e. The molecule has 2 aromatic rings. The number of ether oxygens (including phenoxy) is 1. The van der Waals surface area contributed by atoms with Crippen molar-refractivity contribution in [2.45, 2.75) is 19.8 Å². The van der Waals surface area contributed by atoms with Gasteiger partial charge in [0.05, 0.1) is 12.1 Å². The van der Waals surface area contributed by atoms with Crippen LogP contribution in [0.2, 0.25) is 5.02 Å². The summed E-state index contributed by atoms with van der Waals surface area (Å²) in [6.45, 7) is 2.00. The molecule has 0 heterocycles. The van der Waals surface area contributed by atoms with Crippen LogP contribution in [0.25, 0.3) is 0 Å². The number of nitrogens with one attached hydrogen (secondary N) is 1. The highest BCUT2D eigenvalue weighted by Crippen LogP contribution is 2.25. The number of carbonyl (C=O) groups is 1. The number of rotatable bonds is 5. The van der Waals surface area contributed by atoms with E-state index in [1.165, 1.54) is 0 Å². The maximum atomic E-state index is 11.9. The second kappa shape index (κ2) is 7.14. The van der Waals surface area contributed by atoms with E-state index in [1.54, 1.807) is 7.11 Å². The topological polar surface area (TPSA) is 38.3 Å². The fraction of sp³-hybridized carbons (Fsp3) is 0.235. The van der Waals surface area contributed by atoms with Crippen molar-refractivity contribution >= 4 is 23.2 Å². The van der Waals surface area contributed by atoms with Gasteiger partial charge in [0.15, 0.2) is 0 Å². The molecule has 0 aliphatic heterocycles. The Morgan fingerprint density at radius 1 is 1.24 bits per heavy atom. The molecule has 0 fully saturated rings. The summed E-state index contributed by atoms with van der Waals surface area (Å²) in [5.74, 6) is 0.636. The molecule has 0 saturated heterocycles. The van der Waals surface area contributed by atoms with Crippen LogP contribution in [0.5, 0.6) is 5.75 Å². The summed E-state index contributed by atoms with van der Waals surface area (Å²) in [5.41, 5.74) is 2.96. The summed E-state index contributed by atoms with van der Waals surface area (Å²) in [5, 5.41) is 3.46. The van der Waals surface area contributed by atoms with Gasteiger partial charge in [0, 0.05) is 12.1 Å². The van der Waals surface area contributed by atoms with Gasteiger partial charge >= 0.3 is 0 Å². The molecular weight excluding hydrogens is 286 g/mol. The molecule has 1 N–H and O–H groups in total. The molecule has 2 aromatic carbocycles. The number of hydrogen-bond donors (Lipinski definition) is 1. The van der Waals surface area contributed by atoms with Gasteiger partial charge in [0.25, 0.3) is 0 Å². The van der Waals surface area contributed by atoms with Gasteiger partial charge in [0.2, 0.25) is 5.91 Å². The highest BCUT2D eigenvalue weighted by atomic mass is 35.5. The highest BCUT2D eigenvalue weighted by molar-refractivity contribution is 6.32. The summed E-state index contributed by atoms with van der Waals surface area (Å²) in [4.78, 5) is 11.9. The third kappa shape index (κ3) is 4.50. The average molecular weight is 304 g/mol. The Kier molecular flexibility index (Phi) is 5.23. The van der Waals surface area contributed by atoms with Gasteiger partial charge in [-0.1, -0.05) is 29.8 Å². The van der Waals surface area contributed by atoms with E-state index in [-0.39, 0.29) is 5.91 Å². The van der Waals surface area contributed by atoms with Crippen molar-refractivity contribution in [3.63, 3.8) is 0 Å². The Labute approximate surface area is 129 Å². The summed E-state index contributed by atoms with van der Waals surface area (Å²) in [6.07, 6.45) is 1.05. The zero-order chi connectivity index (χ0) is 15.2. The highest BCUT2D eigenvalue weighted by Gasteiger charge is 2.06. The molecule has 0 radical (unpaired) electrons. The molecular formula is C17H18ClNO2. The molecule has 3 nitrogen and oxygen atoms in total. The molecule has 0 aliphatic rings. The number of hydrogen-bond acceptors (Lipinski definition) is 2. The second-order valence-corrected chi connectivity index (χ2v) is 5.29. The first-order valence-corrected chi connectivity index (χ1v) is 7.15. The zero-order valence-electron chi connectivity index (χ0n) is 12.2. The molecule has 0 aliphatic carbocycles. The van der Waals surface area contributed by atoms with Gasteiger partial charge in [-0.3, -0.25) is 4.79 Å². The van der Waals surface area contributed by atoms with Crippen molar-refractivity contribution in [3.05, 3.63) is 58.6 Å². The van der Waals surface area contributed by atoms with Crippen LogP contribution < -0.4 is 10.1 Å². The van der Waals surface area contributed by atoms with Crippen LogP contribution in [-0.2, 0) is 11.2 Å². The number of amides is 1. The molecule has 2 rings (SSSR count). The number of aryl methyl sites for hydroxylation is 2. The van der Waals surface area contributed by atoms with Crippen molar-refractivity contribution < 1.29 is 9.53 Å². The smallest absolute Gasteiger partial charge is 0.224 e. The molecule has 0 atom stereocenters. The van der Waals surface area contributed by atoms with E-state index in [9.17, 15) is 4.79 Å². The lowest BCUT2D eigenvalue weighted by atomic mass is 10.1. The Morgan fingerprint density at radius 2 is 2.05 bits per heavy atom. The largest absolute Gasteiger partial charge is 0.495 e. The van der Waals surface area contributed by atoms with Gasteiger partial charge < -0.3 is 10.1 Å². The Morgan fingerprint density at radius 3 is 2.71 bits per heavy atom. The van der Waals surface area contributed by atoms with Crippen LogP contribution in [0.1, 0.15) is 17.5 Å². The fourth-order valence-corrected chi connectivity index (χ4v) is 2.35. The summed E-state index contributed by atoms with van der Waals surface area (Å²) < 4.78 is 5.10. The lowest BCUT2D eigenvalue weighted by Crippen LogP contribution is -2.12. The van der Waals surface area contributed by atoms with Gasteiger partial charge in [-0.2, -0.15) is 0 Å². The van der Waals surface area contributed by atoms with Gasteiger partial charge in [0.1, 0.15) is 5.75 Å². The predicted octanol–water partition coefficient (Wildman–Crippen LogP) is 4.23. The van der Waals surface area contributed by atoms with Crippen molar-refractivity contribution in [1.29, 1.82) is 0 Å². The SMILES string of the molecule is COc1ccc(CCC(=O)Nc2cccc(C)c2)cc1Cl. The summed E-state index contributed by atoms with van der Waals surface area (Å²) in [7, 11) is 1.58. The van der Waals surface area contributed by atoms with Gasteiger partial charge in [-0.25, -0.2) is 0 Å². The average Bonchev–Trinajstić information content (AvgIpc) is 2.45. The standard InChI is InChI=1S/C17H18ClNO2/c1-12-4-3-5-14(10-12)19-17(20)9-7-13-6-8-16(21-2)15(18)11-13/h3-6,8,10-11H,7,9H2,1-2H3,(H,19,20). The van der Waals surface area contributed by atoms with Crippen LogP contribution >= 0.6 is 11.6 Å². The Bertz CT molecular complexity index is 640. The van der Waals surface area contributed by atoms with Crippen LogP contribution in [0, 0.1) is 6.92 Å². The number of benzene rings is 2. The van der Waals surface area contributed by atoms with Crippen LogP contribution in [0.15, 0.2) is 42.5 Å². The molecule has 0 bridgehead atoms. The summed E-state index contributed by atoms with van der Waals surface area (Å²) in [6, 6.07) is 13.3.